The fourth-order valence-corrected chi connectivity index (χ4v) is 0.770. The lowest BCUT2D eigenvalue weighted by Gasteiger charge is -2.18. The fraction of sp³-hybridized carbons (Fsp3) is 0.444. The molecule has 1 N–H and O–H groups in total. The molecule has 0 saturated heterocycles. The molecule has 1 amide bonds. The standard InChI is InChI=1S/C9H16N2O2.ClH/c1-4-7-11(8-5-2)10-9(12)13-6-3;/h4-5H,1-2,6-8H2,3H3,(H,10,12);1H. The van der Waals surface area contributed by atoms with E-state index in [2.05, 4.69) is 18.6 Å². The first-order valence-corrected chi connectivity index (χ1v) is 4.14. The number of hydrogen-bond acceptors (Lipinski definition) is 3. The maximum atomic E-state index is 11.0. The van der Waals surface area contributed by atoms with E-state index in [0.717, 1.165) is 0 Å². The monoisotopic (exact) mass is 220 g/mol. The van der Waals surface area contributed by atoms with Crippen molar-refractivity contribution in [2.24, 2.45) is 0 Å². The molecule has 0 radical (unpaired) electrons. The molecule has 0 unspecified atom stereocenters. The van der Waals surface area contributed by atoms with Gasteiger partial charge < -0.3 is 4.74 Å². The van der Waals surface area contributed by atoms with Gasteiger partial charge in [0.05, 0.1) is 6.61 Å². The quantitative estimate of drug-likeness (QED) is 0.548. The van der Waals surface area contributed by atoms with E-state index in [4.69, 9.17) is 4.74 Å². The zero-order valence-corrected chi connectivity index (χ0v) is 9.18. The zero-order valence-electron chi connectivity index (χ0n) is 8.36. The van der Waals surface area contributed by atoms with Crippen LogP contribution in [0.5, 0.6) is 0 Å². The molecule has 0 aliphatic rings. The molecule has 0 aromatic carbocycles. The molecule has 4 nitrogen and oxygen atoms in total. The molecule has 0 aromatic rings. The molecule has 14 heavy (non-hydrogen) atoms. The van der Waals surface area contributed by atoms with Gasteiger partial charge in [0.2, 0.25) is 0 Å². The van der Waals surface area contributed by atoms with Crippen molar-refractivity contribution < 1.29 is 9.53 Å². The Morgan fingerprint density at radius 1 is 1.43 bits per heavy atom. The highest BCUT2D eigenvalue weighted by molar-refractivity contribution is 5.85. The number of hydrogen-bond donors (Lipinski definition) is 1. The summed E-state index contributed by atoms with van der Waals surface area (Å²) in [4.78, 5) is 11.0. The van der Waals surface area contributed by atoms with Gasteiger partial charge in [-0.05, 0) is 6.92 Å². The summed E-state index contributed by atoms with van der Waals surface area (Å²) in [6.45, 7) is 10.4. The van der Waals surface area contributed by atoms with E-state index in [1.807, 2.05) is 0 Å². The summed E-state index contributed by atoms with van der Waals surface area (Å²) in [5.41, 5.74) is 2.55. The summed E-state index contributed by atoms with van der Waals surface area (Å²) < 4.78 is 4.70. The first-order chi connectivity index (χ1) is 6.24. The minimum atomic E-state index is -0.453. The molecule has 5 heteroatoms. The predicted octanol–water partition coefficient (Wildman–Crippen LogP) is 1.74. The third-order valence-electron chi connectivity index (χ3n) is 1.22. The lowest BCUT2D eigenvalue weighted by molar-refractivity contribution is 0.118. The summed E-state index contributed by atoms with van der Waals surface area (Å²) >= 11 is 0. The lowest BCUT2D eigenvalue weighted by Crippen LogP contribution is -2.42. The van der Waals surface area contributed by atoms with Crippen molar-refractivity contribution in [3.8, 4) is 0 Å². The van der Waals surface area contributed by atoms with Crippen molar-refractivity contribution in [3.63, 3.8) is 0 Å². The summed E-state index contributed by atoms with van der Waals surface area (Å²) in [5.74, 6) is 0. The number of carbonyl (C=O) groups is 1. The largest absolute Gasteiger partial charge is 0.449 e. The Balaban J connectivity index is 0. The fourth-order valence-electron chi connectivity index (χ4n) is 0.770. The van der Waals surface area contributed by atoms with Crippen LogP contribution >= 0.6 is 12.4 Å². The number of amides is 1. The SMILES string of the molecule is C=CCN(CC=C)NC(=O)OCC.Cl. The molecule has 0 aromatic heterocycles. The predicted molar refractivity (Wildman–Crippen MR) is 59.4 cm³/mol. The molecular weight excluding hydrogens is 204 g/mol. The molecule has 0 aliphatic carbocycles. The Kier molecular flexibility index (Phi) is 11.1. The van der Waals surface area contributed by atoms with Crippen LogP contribution in [0.4, 0.5) is 4.79 Å². The van der Waals surface area contributed by atoms with Crippen LogP contribution < -0.4 is 5.43 Å². The molecule has 82 valence electrons. The number of hydrazine groups is 1. The Bertz CT molecular complexity index is 176. The Morgan fingerprint density at radius 2 is 1.93 bits per heavy atom. The van der Waals surface area contributed by atoms with E-state index in [1.54, 1.807) is 24.1 Å². The van der Waals surface area contributed by atoms with Crippen LogP contribution in [0.15, 0.2) is 25.3 Å². The Morgan fingerprint density at radius 3 is 2.29 bits per heavy atom. The van der Waals surface area contributed by atoms with Gasteiger partial charge in [0.25, 0.3) is 0 Å². The second-order valence-corrected chi connectivity index (χ2v) is 2.31. The van der Waals surface area contributed by atoms with Gasteiger partial charge in [-0.15, -0.1) is 25.6 Å². The minimum absolute atomic E-state index is 0. The summed E-state index contributed by atoms with van der Waals surface area (Å²) in [5, 5.41) is 1.65. The van der Waals surface area contributed by atoms with Gasteiger partial charge in [-0.2, -0.15) is 0 Å². The third-order valence-corrected chi connectivity index (χ3v) is 1.22. The van der Waals surface area contributed by atoms with E-state index in [1.165, 1.54) is 0 Å². The van der Waals surface area contributed by atoms with Crippen LogP contribution in [-0.2, 0) is 4.74 Å². The number of nitrogens with one attached hydrogen (secondary N) is 1. The van der Waals surface area contributed by atoms with Crippen molar-refractivity contribution in [2.75, 3.05) is 19.7 Å². The topological polar surface area (TPSA) is 41.6 Å². The highest BCUT2D eigenvalue weighted by Gasteiger charge is 2.05. The summed E-state index contributed by atoms with van der Waals surface area (Å²) in [6.07, 6.45) is 2.93. The first-order valence-electron chi connectivity index (χ1n) is 4.14. The van der Waals surface area contributed by atoms with Crippen LogP contribution in [0.3, 0.4) is 0 Å². The van der Waals surface area contributed by atoms with Crippen molar-refractivity contribution in [1.82, 2.24) is 10.4 Å². The second kappa shape index (κ2) is 10.1. The van der Waals surface area contributed by atoms with E-state index in [0.29, 0.717) is 19.7 Å². The number of halogens is 1. The van der Waals surface area contributed by atoms with Crippen LogP contribution in [0, 0.1) is 0 Å². The maximum absolute atomic E-state index is 11.0. The number of rotatable bonds is 6. The number of nitrogens with zero attached hydrogens (tertiary/aromatic N) is 1. The average molecular weight is 221 g/mol. The molecule has 0 saturated carbocycles. The minimum Gasteiger partial charge on any atom is -0.449 e. The first kappa shape index (κ1) is 15.5. The molecule has 0 spiro atoms. The summed E-state index contributed by atoms with van der Waals surface area (Å²) in [6, 6.07) is 0. The van der Waals surface area contributed by atoms with Crippen molar-refractivity contribution in [1.29, 1.82) is 0 Å². The van der Waals surface area contributed by atoms with Crippen LogP contribution in [-0.4, -0.2) is 30.8 Å². The van der Waals surface area contributed by atoms with E-state index in [-0.39, 0.29) is 12.4 Å². The molecule has 0 heterocycles. The van der Waals surface area contributed by atoms with Crippen LogP contribution in [0.25, 0.3) is 0 Å². The van der Waals surface area contributed by atoms with Gasteiger partial charge in [0.15, 0.2) is 0 Å². The summed E-state index contributed by atoms with van der Waals surface area (Å²) in [7, 11) is 0. The zero-order chi connectivity index (χ0) is 10.1. The third kappa shape index (κ3) is 7.64. The van der Waals surface area contributed by atoms with Crippen molar-refractivity contribution in [2.45, 2.75) is 6.92 Å². The Hall–Kier alpha value is -1.00. The van der Waals surface area contributed by atoms with Crippen LogP contribution in [0.2, 0.25) is 0 Å². The number of carbonyl (C=O) groups excluding carboxylic acids is 1. The van der Waals surface area contributed by atoms with Crippen molar-refractivity contribution in [3.05, 3.63) is 25.3 Å². The molecule has 0 fully saturated rings. The van der Waals surface area contributed by atoms with Gasteiger partial charge in [-0.1, -0.05) is 12.2 Å². The highest BCUT2D eigenvalue weighted by atomic mass is 35.5. The van der Waals surface area contributed by atoms with Crippen LogP contribution in [0.1, 0.15) is 6.92 Å². The van der Waals surface area contributed by atoms with Gasteiger partial charge >= 0.3 is 6.09 Å². The molecule has 0 atom stereocenters. The van der Waals surface area contributed by atoms with Gasteiger partial charge in [-0.3, -0.25) is 5.43 Å². The smallest absolute Gasteiger partial charge is 0.421 e. The van der Waals surface area contributed by atoms with Gasteiger partial charge in [-0.25, -0.2) is 9.80 Å². The maximum Gasteiger partial charge on any atom is 0.421 e. The van der Waals surface area contributed by atoms with Crippen molar-refractivity contribution >= 4 is 18.5 Å². The Labute approximate surface area is 91.0 Å². The van der Waals surface area contributed by atoms with Gasteiger partial charge in [0, 0.05) is 13.1 Å². The molecular formula is C9H17ClN2O2. The second-order valence-electron chi connectivity index (χ2n) is 2.31. The average Bonchev–Trinajstić information content (AvgIpc) is 2.05. The number of ether oxygens (including phenoxy) is 1. The van der Waals surface area contributed by atoms with Gasteiger partial charge in [0.1, 0.15) is 0 Å². The normalized spacial score (nSPS) is 8.71. The van der Waals surface area contributed by atoms with E-state index in [9.17, 15) is 4.79 Å². The molecule has 0 rings (SSSR count). The highest BCUT2D eigenvalue weighted by Crippen LogP contribution is 1.85. The molecule has 0 bridgehead atoms. The molecule has 0 aliphatic heterocycles. The van der Waals surface area contributed by atoms with E-state index < -0.39 is 6.09 Å². The van der Waals surface area contributed by atoms with E-state index >= 15 is 0 Å². The lowest BCUT2D eigenvalue weighted by atomic mass is 10.5.